The second-order valence-corrected chi connectivity index (χ2v) is 6.23. The van der Waals surface area contributed by atoms with Gasteiger partial charge in [0.05, 0.1) is 16.5 Å². The molecule has 0 fully saturated rings. The maximum Gasteiger partial charge on any atom is 0.352 e. The minimum absolute atomic E-state index is 0.00801. The van der Waals surface area contributed by atoms with Crippen molar-refractivity contribution in [2.45, 2.75) is 25.4 Å². The highest BCUT2D eigenvalue weighted by Crippen LogP contribution is 2.33. The molecule has 0 aromatic heterocycles. The van der Waals surface area contributed by atoms with Crippen LogP contribution in [-0.4, -0.2) is 15.6 Å². The maximum atomic E-state index is 11.8. The summed E-state index contributed by atoms with van der Waals surface area (Å²) >= 11 is 0. The van der Waals surface area contributed by atoms with Gasteiger partial charge in [0, 0.05) is 12.2 Å². The van der Waals surface area contributed by atoms with Crippen LogP contribution in [0.15, 0.2) is 84.3 Å². The van der Waals surface area contributed by atoms with Crippen LogP contribution >= 0.6 is 0 Å². The summed E-state index contributed by atoms with van der Waals surface area (Å²) in [6.45, 7) is 0.0553. The van der Waals surface area contributed by atoms with E-state index < -0.39 is 15.6 Å². The Hall–Kier alpha value is -3.52. The average molecular weight is 382 g/mol. The predicted octanol–water partition coefficient (Wildman–Crippen LogP) is 3.84. The van der Waals surface area contributed by atoms with Crippen LogP contribution in [0.2, 0.25) is 0 Å². The molecule has 0 spiro atoms. The van der Waals surface area contributed by atoms with E-state index in [0.29, 0.717) is 0 Å². The quantitative estimate of drug-likeness (QED) is 0.390. The van der Waals surface area contributed by atoms with Crippen LogP contribution in [-0.2, 0) is 22.7 Å². The predicted molar refractivity (Wildman–Crippen MR) is 100.0 cm³/mol. The fraction of sp³-hybridized carbons (Fsp3) is 0.200. The summed E-state index contributed by atoms with van der Waals surface area (Å²) in [6.07, 6.45) is 1.83. The van der Waals surface area contributed by atoms with Crippen molar-refractivity contribution >= 4 is 0 Å². The molecule has 1 atom stereocenters. The lowest BCUT2D eigenvalue weighted by Gasteiger charge is -2.25. The highest BCUT2D eigenvalue weighted by atomic mass is 16.7. The first-order chi connectivity index (χ1) is 13.5. The summed E-state index contributed by atoms with van der Waals surface area (Å²) < 4.78 is 11.2. The van der Waals surface area contributed by atoms with E-state index in [1.807, 2.05) is 24.3 Å². The second kappa shape index (κ2) is 8.45. The Morgan fingerprint density at radius 3 is 2.00 bits per heavy atom. The Balaban J connectivity index is 1.81. The second-order valence-electron chi connectivity index (χ2n) is 6.23. The van der Waals surface area contributed by atoms with Gasteiger partial charge in [0.2, 0.25) is 0 Å². The average Bonchev–Trinajstić information content (AvgIpc) is 2.72. The molecule has 0 radical (unpaired) electrons. The first-order valence-electron chi connectivity index (χ1n) is 8.56. The first kappa shape index (κ1) is 19.2. The number of rotatable bonds is 8. The fourth-order valence-corrected chi connectivity index (χ4v) is 2.77. The molecule has 144 valence electrons. The Labute approximate surface area is 161 Å². The Kier molecular flexibility index (Phi) is 5.81. The molecule has 1 unspecified atom stereocenters. The van der Waals surface area contributed by atoms with Crippen LogP contribution in [0, 0.1) is 20.2 Å². The van der Waals surface area contributed by atoms with Crippen molar-refractivity contribution in [2.24, 2.45) is 0 Å². The highest BCUT2D eigenvalue weighted by molar-refractivity contribution is 5.26. The minimum atomic E-state index is -1.93. The van der Waals surface area contributed by atoms with Gasteiger partial charge in [0.15, 0.2) is 5.76 Å². The molecular weight excluding hydrogens is 364 g/mol. The normalized spacial score (nSPS) is 18.7. The summed E-state index contributed by atoms with van der Waals surface area (Å²) in [7, 11) is 0. The zero-order valence-electron chi connectivity index (χ0n) is 14.9. The molecule has 8 nitrogen and oxygen atoms in total. The van der Waals surface area contributed by atoms with Gasteiger partial charge >= 0.3 is 11.4 Å². The third-order valence-electron chi connectivity index (χ3n) is 4.29. The van der Waals surface area contributed by atoms with E-state index in [4.69, 9.17) is 9.47 Å². The van der Waals surface area contributed by atoms with Gasteiger partial charge in [-0.15, -0.1) is 0 Å². The lowest BCUT2D eigenvalue weighted by molar-refractivity contribution is -0.616. The van der Waals surface area contributed by atoms with Gasteiger partial charge in [-0.3, -0.25) is 20.2 Å². The monoisotopic (exact) mass is 382 g/mol. The van der Waals surface area contributed by atoms with Crippen molar-refractivity contribution in [1.29, 1.82) is 0 Å². The van der Waals surface area contributed by atoms with E-state index in [1.54, 1.807) is 36.4 Å². The number of ether oxygens (including phenoxy) is 2. The van der Waals surface area contributed by atoms with Crippen LogP contribution in [0.5, 0.6) is 0 Å². The van der Waals surface area contributed by atoms with Crippen LogP contribution in [0.4, 0.5) is 0 Å². The summed E-state index contributed by atoms with van der Waals surface area (Å²) in [5.74, 6) is -0.0823. The topological polar surface area (TPSA) is 105 Å². The standard InChI is InChI=1S/C20H18N2O6/c23-21(24)18-11-12-20(22(25)26,28-15-17-9-5-2-6-10-17)13-19(18)27-14-16-7-3-1-4-8-16/h1-12H,13-15H2. The van der Waals surface area contributed by atoms with Crippen LogP contribution < -0.4 is 0 Å². The SMILES string of the molecule is O=[N+]([O-])C1=C(OCc2ccccc2)CC(OCc2ccccc2)([N+](=O)[O-])C=C1. The number of hydrogen-bond donors (Lipinski definition) is 0. The number of nitro groups is 2. The number of allylic oxidation sites excluding steroid dienone is 1. The third kappa shape index (κ3) is 4.41. The van der Waals surface area contributed by atoms with Crippen molar-refractivity contribution in [2.75, 3.05) is 0 Å². The van der Waals surface area contributed by atoms with Gasteiger partial charge in [-0.25, -0.2) is 0 Å². The molecular formula is C20H18N2O6. The molecule has 1 aliphatic carbocycles. The molecule has 3 rings (SSSR count). The number of benzene rings is 2. The summed E-state index contributed by atoms with van der Waals surface area (Å²) in [5.41, 5.74) is -0.685. The molecule has 8 heteroatoms. The Morgan fingerprint density at radius 1 is 0.893 bits per heavy atom. The Bertz CT molecular complexity index is 911. The molecule has 2 aromatic rings. The van der Waals surface area contributed by atoms with Gasteiger partial charge in [0.1, 0.15) is 13.0 Å². The lowest BCUT2D eigenvalue weighted by atomic mass is 10.0. The minimum Gasteiger partial charge on any atom is -0.486 e. The van der Waals surface area contributed by atoms with Crippen molar-refractivity contribution in [3.8, 4) is 0 Å². The van der Waals surface area contributed by atoms with E-state index >= 15 is 0 Å². The maximum absolute atomic E-state index is 11.8. The van der Waals surface area contributed by atoms with Crippen molar-refractivity contribution in [1.82, 2.24) is 0 Å². The Morgan fingerprint density at radius 2 is 1.46 bits per heavy atom. The van der Waals surface area contributed by atoms with Crippen LogP contribution in [0.1, 0.15) is 17.5 Å². The molecule has 0 bridgehead atoms. The third-order valence-corrected chi connectivity index (χ3v) is 4.29. The molecule has 0 N–H and O–H groups in total. The smallest absolute Gasteiger partial charge is 0.352 e. The van der Waals surface area contributed by atoms with E-state index in [9.17, 15) is 20.2 Å². The highest BCUT2D eigenvalue weighted by Gasteiger charge is 2.48. The van der Waals surface area contributed by atoms with Crippen molar-refractivity contribution < 1.29 is 19.3 Å². The summed E-state index contributed by atoms with van der Waals surface area (Å²) in [4.78, 5) is 21.9. The van der Waals surface area contributed by atoms with E-state index in [0.717, 1.165) is 23.3 Å². The van der Waals surface area contributed by atoms with Crippen molar-refractivity contribution in [3.63, 3.8) is 0 Å². The van der Waals surface area contributed by atoms with Gasteiger partial charge < -0.3 is 9.47 Å². The zero-order chi connectivity index (χ0) is 20.0. The van der Waals surface area contributed by atoms with Crippen LogP contribution in [0.25, 0.3) is 0 Å². The molecule has 2 aromatic carbocycles. The van der Waals surface area contributed by atoms with Gasteiger partial charge in [-0.1, -0.05) is 60.7 Å². The lowest BCUT2D eigenvalue weighted by Crippen LogP contribution is -2.41. The molecule has 1 aliphatic rings. The van der Waals surface area contributed by atoms with Gasteiger partial charge in [-0.2, -0.15) is 0 Å². The fourth-order valence-electron chi connectivity index (χ4n) is 2.77. The first-order valence-corrected chi connectivity index (χ1v) is 8.56. The molecule has 0 amide bonds. The summed E-state index contributed by atoms with van der Waals surface area (Å²) in [6, 6.07) is 18.1. The molecule has 28 heavy (non-hydrogen) atoms. The van der Waals surface area contributed by atoms with Crippen molar-refractivity contribution in [3.05, 3.63) is 116 Å². The van der Waals surface area contributed by atoms with Gasteiger partial charge in [0.25, 0.3) is 0 Å². The van der Waals surface area contributed by atoms with E-state index in [2.05, 4.69) is 0 Å². The van der Waals surface area contributed by atoms with Gasteiger partial charge in [-0.05, 0) is 11.1 Å². The summed E-state index contributed by atoms with van der Waals surface area (Å²) in [5, 5.41) is 23.1. The number of hydrogen-bond acceptors (Lipinski definition) is 6. The largest absolute Gasteiger partial charge is 0.486 e. The van der Waals surface area contributed by atoms with Crippen LogP contribution in [0.3, 0.4) is 0 Å². The molecule has 0 aliphatic heterocycles. The zero-order valence-corrected chi connectivity index (χ0v) is 14.9. The molecule has 0 heterocycles. The molecule has 0 saturated carbocycles. The molecule has 0 saturated heterocycles. The van der Waals surface area contributed by atoms with E-state index in [-0.39, 0.29) is 31.1 Å². The van der Waals surface area contributed by atoms with E-state index in [1.165, 1.54) is 0 Å². The number of nitrogens with zero attached hydrogens (tertiary/aromatic N) is 2.